The van der Waals surface area contributed by atoms with Gasteiger partial charge >= 0.3 is 0 Å². The lowest BCUT2D eigenvalue weighted by Gasteiger charge is -2.32. The van der Waals surface area contributed by atoms with Crippen LogP contribution in [0, 0.1) is 0 Å². The number of amides is 1. The molecule has 0 bridgehead atoms. The van der Waals surface area contributed by atoms with Crippen LogP contribution in [0.4, 0.5) is 0 Å². The summed E-state index contributed by atoms with van der Waals surface area (Å²) in [5.41, 5.74) is 9.54. The molecule has 0 saturated carbocycles. The van der Waals surface area contributed by atoms with Crippen LogP contribution in [0.5, 0.6) is 0 Å². The third kappa shape index (κ3) is 6.39. The van der Waals surface area contributed by atoms with Crippen molar-refractivity contribution < 1.29 is 9.59 Å². The molecule has 36 heavy (non-hydrogen) atoms. The van der Waals surface area contributed by atoms with Gasteiger partial charge in [0.25, 0.3) is 0 Å². The highest BCUT2D eigenvalue weighted by atomic mass is 35.5. The Kier molecular flexibility index (Phi) is 8.55. The van der Waals surface area contributed by atoms with Gasteiger partial charge in [0.2, 0.25) is 5.91 Å². The van der Waals surface area contributed by atoms with Crippen molar-refractivity contribution in [1.82, 2.24) is 4.90 Å². The van der Waals surface area contributed by atoms with Crippen molar-refractivity contribution in [2.45, 2.75) is 12.5 Å². The minimum atomic E-state index is -0.752. The first kappa shape index (κ1) is 26.5. The van der Waals surface area contributed by atoms with E-state index in [4.69, 9.17) is 52.1 Å². The van der Waals surface area contributed by atoms with E-state index in [9.17, 15) is 9.59 Å². The molecule has 1 saturated heterocycles. The van der Waals surface area contributed by atoms with E-state index in [2.05, 4.69) is 0 Å². The van der Waals surface area contributed by atoms with Gasteiger partial charge in [-0.25, -0.2) is 0 Å². The average molecular weight is 560 g/mol. The summed E-state index contributed by atoms with van der Waals surface area (Å²) in [6.07, 6.45) is 3.83. The predicted molar refractivity (Wildman–Crippen MR) is 149 cm³/mol. The van der Waals surface area contributed by atoms with Crippen LogP contribution in [0.25, 0.3) is 12.2 Å². The summed E-state index contributed by atoms with van der Waals surface area (Å²) >= 11 is 24.4. The summed E-state index contributed by atoms with van der Waals surface area (Å²) in [4.78, 5) is 28.4. The smallest absolute Gasteiger partial charge is 0.240 e. The molecule has 0 unspecified atom stereocenters. The zero-order valence-corrected chi connectivity index (χ0v) is 22.1. The lowest BCUT2D eigenvalue weighted by molar-refractivity contribution is -0.132. The van der Waals surface area contributed by atoms with Crippen molar-refractivity contribution in [2.24, 2.45) is 5.73 Å². The number of hydrogen-bond donors (Lipinski definition) is 1. The second kappa shape index (κ2) is 11.6. The summed E-state index contributed by atoms with van der Waals surface area (Å²) < 4.78 is 0. The molecule has 4 nitrogen and oxygen atoms in total. The normalized spacial score (nSPS) is 17.0. The molecule has 1 aliphatic rings. The summed E-state index contributed by atoms with van der Waals surface area (Å²) in [6.45, 7) is 0.248. The fourth-order valence-electron chi connectivity index (χ4n) is 3.99. The Bertz CT molecular complexity index is 1300. The van der Waals surface area contributed by atoms with Crippen LogP contribution in [0.3, 0.4) is 0 Å². The average Bonchev–Trinajstić information content (AvgIpc) is 2.86. The second-order valence-corrected chi connectivity index (χ2v) is 10.1. The number of halogens is 4. The maximum Gasteiger partial charge on any atom is 0.240 e. The topological polar surface area (TPSA) is 63.4 Å². The Morgan fingerprint density at radius 1 is 0.806 bits per heavy atom. The van der Waals surface area contributed by atoms with E-state index < -0.39 is 6.04 Å². The van der Waals surface area contributed by atoms with Gasteiger partial charge in [0.15, 0.2) is 5.78 Å². The number of carbonyl (C=O) groups is 2. The van der Waals surface area contributed by atoms with E-state index in [1.807, 2.05) is 30.3 Å². The van der Waals surface area contributed by atoms with Gasteiger partial charge in [-0.05, 0) is 59.5 Å². The van der Waals surface area contributed by atoms with E-state index in [0.29, 0.717) is 48.8 Å². The van der Waals surface area contributed by atoms with Crippen LogP contribution in [0.15, 0.2) is 77.9 Å². The van der Waals surface area contributed by atoms with Gasteiger partial charge in [0.05, 0.1) is 26.1 Å². The quantitative estimate of drug-likeness (QED) is 0.352. The van der Waals surface area contributed by atoms with Crippen molar-refractivity contribution in [1.29, 1.82) is 0 Å². The lowest BCUT2D eigenvalue weighted by Crippen LogP contribution is -2.49. The Morgan fingerprint density at radius 2 is 1.31 bits per heavy atom. The number of piperidine rings is 1. The van der Waals surface area contributed by atoms with Crippen molar-refractivity contribution in [3.05, 3.63) is 115 Å². The van der Waals surface area contributed by atoms with Crippen LogP contribution >= 0.6 is 46.4 Å². The van der Waals surface area contributed by atoms with E-state index >= 15 is 0 Å². The predicted octanol–water partition coefficient (Wildman–Crippen LogP) is 6.75. The first-order valence-electron chi connectivity index (χ1n) is 11.2. The van der Waals surface area contributed by atoms with Crippen LogP contribution < -0.4 is 5.73 Å². The molecule has 1 heterocycles. The van der Waals surface area contributed by atoms with Crippen LogP contribution in [0.2, 0.25) is 20.1 Å². The Labute approximate surface area is 229 Å². The number of carbonyl (C=O) groups excluding carboxylic acids is 2. The summed E-state index contributed by atoms with van der Waals surface area (Å²) in [5, 5.41) is 1.58. The number of nitrogens with two attached hydrogens (primary N) is 1. The van der Waals surface area contributed by atoms with Crippen LogP contribution in [0.1, 0.15) is 16.7 Å². The molecule has 0 spiro atoms. The highest BCUT2D eigenvalue weighted by Gasteiger charge is 2.31. The zero-order valence-electron chi connectivity index (χ0n) is 19.1. The molecule has 4 rings (SSSR count). The van der Waals surface area contributed by atoms with Gasteiger partial charge in [-0.2, -0.15) is 0 Å². The lowest BCUT2D eigenvalue weighted by atomic mass is 9.93. The fraction of sp³-hybridized carbons (Fsp3) is 0.143. The number of likely N-dealkylation sites (tertiary alicyclic amines) is 1. The summed E-state index contributed by atoms with van der Waals surface area (Å²) in [5.74, 6) is -0.417. The van der Waals surface area contributed by atoms with Gasteiger partial charge in [-0.3, -0.25) is 9.59 Å². The number of benzene rings is 3. The molecule has 1 fully saturated rings. The first-order chi connectivity index (χ1) is 17.2. The van der Waals surface area contributed by atoms with Gasteiger partial charge < -0.3 is 10.6 Å². The second-order valence-electron chi connectivity index (χ2n) is 8.51. The molecule has 2 N–H and O–H groups in total. The molecule has 0 radical (unpaired) electrons. The van der Waals surface area contributed by atoms with Crippen molar-refractivity contribution >= 4 is 70.2 Å². The maximum absolute atomic E-state index is 13.4. The molecule has 8 heteroatoms. The Balaban J connectivity index is 1.68. The SMILES string of the molecule is N[C@@H](Cc1ccccc1)C(=O)N1CC(=Cc2ccc(Cl)c(Cl)c2)C(=O)C(=Cc2ccc(Cl)c(Cl)c2)C1. The van der Waals surface area contributed by atoms with Gasteiger partial charge in [0, 0.05) is 24.2 Å². The van der Waals surface area contributed by atoms with E-state index in [1.165, 1.54) is 0 Å². The maximum atomic E-state index is 13.4. The van der Waals surface area contributed by atoms with Crippen LogP contribution in [-0.2, 0) is 16.0 Å². The van der Waals surface area contributed by atoms with E-state index in [-0.39, 0.29) is 24.8 Å². The third-order valence-electron chi connectivity index (χ3n) is 5.80. The highest BCUT2D eigenvalue weighted by molar-refractivity contribution is 6.42. The molecular formula is C28H22Cl4N2O2. The number of rotatable bonds is 5. The molecule has 3 aromatic carbocycles. The summed E-state index contributed by atoms with van der Waals surface area (Å²) in [7, 11) is 0. The third-order valence-corrected chi connectivity index (χ3v) is 7.28. The van der Waals surface area contributed by atoms with Gasteiger partial charge in [0.1, 0.15) is 0 Å². The molecule has 1 aliphatic heterocycles. The standard InChI is InChI=1S/C28H22Cl4N2O2/c29-22-8-6-18(12-24(22)31)10-20-15-34(28(36)26(33)14-17-4-2-1-3-5-17)16-21(27(20)35)11-19-7-9-23(30)25(32)13-19/h1-13,26H,14-16,33H2/t26-/m0/s1. The van der Waals surface area contributed by atoms with Gasteiger partial charge in [-0.15, -0.1) is 0 Å². The molecular weight excluding hydrogens is 538 g/mol. The Hall–Kier alpha value is -2.60. The highest BCUT2D eigenvalue weighted by Crippen LogP contribution is 2.28. The molecule has 3 aromatic rings. The molecule has 0 aromatic heterocycles. The number of hydrogen-bond acceptors (Lipinski definition) is 3. The monoisotopic (exact) mass is 558 g/mol. The van der Waals surface area contributed by atoms with E-state index in [0.717, 1.165) is 5.56 Å². The van der Waals surface area contributed by atoms with Crippen molar-refractivity contribution in [3.8, 4) is 0 Å². The molecule has 1 amide bonds. The fourth-order valence-corrected chi connectivity index (χ4v) is 4.60. The first-order valence-corrected chi connectivity index (χ1v) is 12.7. The molecule has 184 valence electrons. The van der Waals surface area contributed by atoms with Crippen molar-refractivity contribution in [3.63, 3.8) is 0 Å². The number of Topliss-reactive ketones (excluding diaryl/α,β-unsaturated/α-hetero) is 1. The minimum Gasteiger partial charge on any atom is -0.332 e. The number of ketones is 1. The van der Waals surface area contributed by atoms with Crippen LogP contribution in [-0.4, -0.2) is 35.7 Å². The number of nitrogens with zero attached hydrogens (tertiary/aromatic N) is 1. The van der Waals surface area contributed by atoms with Gasteiger partial charge in [-0.1, -0.05) is 88.9 Å². The molecule has 0 aliphatic carbocycles. The minimum absolute atomic E-state index is 0.124. The summed E-state index contributed by atoms with van der Waals surface area (Å²) in [6, 6.07) is 19.0. The largest absolute Gasteiger partial charge is 0.332 e. The van der Waals surface area contributed by atoms with E-state index in [1.54, 1.807) is 53.5 Å². The van der Waals surface area contributed by atoms with Crippen molar-refractivity contribution in [2.75, 3.05) is 13.1 Å². The molecule has 1 atom stereocenters. The Morgan fingerprint density at radius 3 is 1.78 bits per heavy atom. The zero-order chi connectivity index (χ0) is 25.8.